The van der Waals surface area contributed by atoms with Crippen LogP contribution in [0.4, 0.5) is 0 Å². The fourth-order valence-corrected chi connectivity index (χ4v) is 2.61. The average Bonchev–Trinajstić information content (AvgIpc) is 2.79. The Morgan fingerprint density at radius 3 is 2.89 bits per heavy atom. The van der Waals surface area contributed by atoms with Crippen molar-refractivity contribution in [2.45, 2.75) is 12.8 Å². The van der Waals surface area contributed by atoms with E-state index in [2.05, 4.69) is 0 Å². The molecule has 0 aliphatic carbocycles. The minimum atomic E-state index is -0.799. The van der Waals surface area contributed by atoms with E-state index in [0.29, 0.717) is 25.3 Å². The lowest BCUT2D eigenvalue weighted by molar-refractivity contribution is -0.139. The van der Waals surface area contributed by atoms with Gasteiger partial charge in [-0.25, -0.2) is 0 Å². The van der Waals surface area contributed by atoms with Crippen molar-refractivity contribution < 1.29 is 19.4 Å². The van der Waals surface area contributed by atoms with Gasteiger partial charge in [-0.3, -0.25) is 9.59 Å². The van der Waals surface area contributed by atoms with Crippen molar-refractivity contribution in [1.82, 2.24) is 4.90 Å². The van der Waals surface area contributed by atoms with Crippen molar-refractivity contribution in [3.63, 3.8) is 0 Å². The van der Waals surface area contributed by atoms with Crippen LogP contribution in [0.3, 0.4) is 0 Å². The number of amides is 1. The van der Waals surface area contributed by atoms with Crippen LogP contribution in [0, 0.1) is 5.92 Å². The number of carbonyl (C=O) groups is 2. The Hall–Kier alpha value is -2.04. The third kappa shape index (κ3) is 2.28. The van der Waals surface area contributed by atoms with Crippen LogP contribution in [0.1, 0.15) is 22.3 Å². The molecule has 0 unspecified atom stereocenters. The highest BCUT2D eigenvalue weighted by atomic mass is 16.5. The van der Waals surface area contributed by atoms with Crippen molar-refractivity contribution in [3.8, 4) is 5.75 Å². The lowest BCUT2D eigenvalue weighted by Crippen LogP contribution is -2.50. The Labute approximate surface area is 110 Å². The molecule has 1 fully saturated rings. The lowest BCUT2D eigenvalue weighted by Gasteiger charge is -2.38. The van der Waals surface area contributed by atoms with E-state index in [1.807, 2.05) is 12.1 Å². The van der Waals surface area contributed by atoms with Gasteiger partial charge in [-0.1, -0.05) is 0 Å². The fourth-order valence-electron chi connectivity index (χ4n) is 2.61. The normalized spacial score (nSPS) is 17.6. The van der Waals surface area contributed by atoms with Crippen LogP contribution in [-0.2, 0) is 11.2 Å². The Bertz CT molecular complexity index is 534. The van der Waals surface area contributed by atoms with Crippen LogP contribution in [0.25, 0.3) is 0 Å². The summed E-state index contributed by atoms with van der Waals surface area (Å²) in [5.41, 5.74) is 1.74. The standard InChI is InChI=1S/C14H15NO4/c16-13(17)5-9-7-15(8-9)14(18)11-1-2-12-10(6-11)3-4-19-12/h1-2,6,9H,3-5,7-8H2,(H,16,17). The van der Waals surface area contributed by atoms with Gasteiger partial charge in [-0.2, -0.15) is 0 Å². The van der Waals surface area contributed by atoms with Gasteiger partial charge in [0.15, 0.2) is 0 Å². The van der Waals surface area contributed by atoms with Crippen LogP contribution < -0.4 is 4.74 Å². The van der Waals surface area contributed by atoms with E-state index >= 15 is 0 Å². The quantitative estimate of drug-likeness (QED) is 0.887. The molecule has 3 rings (SSSR count). The summed E-state index contributed by atoms with van der Waals surface area (Å²) in [6.07, 6.45) is 0.986. The van der Waals surface area contributed by atoms with Gasteiger partial charge in [0.1, 0.15) is 5.75 Å². The second kappa shape index (κ2) is 4.57. The zero-order valence-corrected chi connectivity index (χ0v) is 10.5. The maximum absolute atomic E-state index is 12.2. The molecule has 1 aromatic carbocycles. The van der Waals surface area contributed by atoms with Crippen molar-refractivity contribution in [1.29, 1.82) is 0 Å². The molecular weight excluding hydrogens is 246 g/mol. The summed E-state index contributed by atoms with van der Waals surface area (Å²) in [7, 11) is 0. The highest BCUT2D eigenvalue weighted by Gasteiger charge is 2.32. The molecule has 2 aliphatic heterocycles. The molecule has 19 heavy (non-hydrogen) atoms. The summed E-state index contributed by atoms with van der Waals surface area (Å²) in [5, 5.41) is 8.68. The summed E-state index contributed by atoms with van der Waals surface area (Å²) < 4.78 is 5.40. The summed E-state index contributed by atoms with van der Waals surface area (Å²) in [5.74, 6) is 0.145. The van der Waals surface area contributed by atoms with E-state index < -0.39 is 5.97 Å². The van der Waals surface area contributed by atoms with E-state index in [1.165, 1.54) is 0 Å². The molecule has 0 bridgehead atoms. The van der Waals surface area contributed by atoms with Gasteiger partial charge in [0.05, 0.1) is 13.0 Å². The molecule has 5 nitrogen and oxygen atoms in total. The van der Waals surface area contributed by atoms with Gasteiger partial charge < -0.3 is 14.7 Å². The SMILES string of the molecule is O=C(O)CC1CN(C(=O)c2ccc3c(c2)CCO3)C1. The number of fused-ring (bicyclic) bond motifs is 1. The maximum atomic E-state index is 12.2. The van der Waals surface area contributed by atoms with E-state index in [0.717, 1.165) is 17.7 Å². The third-order valence-corrected chi connectivity index (χ3v) is 3.64. The molecule has 0 spiro atoms. The molecule has 100 valence electrons. The number of carboxylic acid groups (broad SMARTS) is 1. The number of hydrogen-bond acceptors (Lipinski definition) is 3. The monoisotopic (exact) mass is 261 g/mol. The van der Waals surface area contributed by atoms with Gasteiger partial charge in [0.25, 0.3) is 5.91 Å². The summed E-state index contributed by atoms with van der Waals surface area (Å²) in [6.45, 7) is 1.76. The molecule has 0 atom stereocenters. The van der Waals surface area contributed by atoms with Crippen LogP contribution in [0.5, 0.6) is 5.75 Å². The summed E-state index contributed by atoms with van der Waals surface area (Å²) in [6, 6.07) is 5.50. The number of likely N-dealkylation sites (tertiary alicyclic amines) is 1. The number of aliphatic carboxylic acids is 1. The van der Waals surface area contributed by atoms with Crippen molar-refractivity contribution in [2.75, 3.05) is 19.7 Å². The number of carboxylic acids is 1. The highest BCUT2D eigenvalue weighted by Crippen LogP contribution is 2.28. The van der Waals surface area contributed by atoms with E-state index in [-0.39, 0.29) is 18.2 Å². The molecule has 2 aliphatic rings. The predicted molar refractivity (Wildman–Crippen MR) is 67.3 cm³/mol. The third-order valence-electron chi connectivity index (χ3n) is 3.64. The Morgan fingerprint density at radius 2 is 2.16 bits per heavy atom. The smallest absolute Gasteiger partial charge is 0.303 e. The number of benzene rings is 1. The topological polar surface area (TPSA) is 66.8 Å². The van der Waals surface area contributed by atoms with Crippen molar-refractivity contribution in [2.24, 2.45) is 5.92 Å². The highest BCUT2D eigenvalue weighted by molar-refractivity contribution is 5.95. The molecule has 0 radical (unpaired) electrons. The molecule has 0 aromatic heterocycles. The lowest BCUT2D eigenvalue weighted by atomic mass is 9.95. The predicted octanol–water partition coefficient (Wildman–Crippen LogP) is 1.17. The van der Waals surface area contributed by atoms with Crippen LogP contribution in [-0.4, -0.2) is 41.6 Å². The zero-order valence-electron chi connectivity index (χ0n) is 10.5. The Morgan fingerprint density at radius 1 is 1.37 bits per heavy atom. The minimum Gasteiger partial charge on any atom is -0.493 e. The summed E-state index contributed by atoms with van der Waals surface area (Å²) >= 11 is 0. The first-order chi connectivity index (χ1) is 9.13. The van der Waals surface area contributed by atoms with Crippen LogP contribution in [0.2, 0.25) is 0 Å². The minimum absolute atomic E-state index is 0.0173. The van der Waals surface area contributed by atoms with E-state index in [9.17, 15) is 9.59 Å². The number of rotatable bonds is 3. The Kier molecular flexibility index (Phi) is 2.89. The van der Waals surface area contributed by atoms with E-state index in [4.69, 9.17) is 9.84 Å². The zero-order chi connectivity index (χ0) is 13.4. The first-order valence-corrected chi connectivity index (χ1v) is 6.40. The average molecular weight is 261 g/mol. The molecule has 1 aromatic rings. The van der Waals surface area contributed by atoms with Crippen molar-refractivity contribution in [3.05, 3.63) is 29.3 Å². The fraction of sp³-hybridized carbons (Fsp3) is 0.429. The van der Waals surface area contributed by atoms with Gasteiger partial charge in [-0.15, -0.1) is 0 Å². The molecule has 0 saturated carbocycles. The van der Waals surface area contributed by atoms with Crippen LogP contribution in [0.15, 0.2) is 18.2 Å². The first-order valence-electron chi connectivity index (χ1n) is 6.40. The molecule has 5 heteroatoms. The largest absolute Gasteiger partial charge is 0.493 e. The molecule has 1 N–H and O–H groups in total. The van der Waals surface area contributed by atoms with E-state index in [1.54, 1.807) is 11.0 Å². The molecule has 1 amide bonds. The van der Waals surface area contributed by atoms with Crippen LogP contribution >= 0.6 is 0 Å². The Balaban J connectivity index is 1.64. The first kappa shape index (κ1) is 12.0. The molecule has 1 saturated heterocycles. The number of ether oxygens (including phenoxy) is 1. The second-order valence-corrected chi connectivity index (χ2v) is 5.09. The van der Waals surface area contributed by atoms with Crippen molar-refractivity contribution >= 4 is 11.9 Å². The molecule has 2 heterocycles. The number of carbonyl (C=O) groups excluding carboxylic acids is 1. The van der Waals surface area contributed by atoms with Gasteiger partial charge in [0, 0.05) is 31.0 Å². The van der Waals surface area contributed by atoms with Gasteiger partial charge in [-0.05, 0) is 23.8 Å². The number of hydrogen-bond donors (Lipinski definition) is 1. The van der Waals surface area contributed by atoms with Gasteiger partial charge in [0.2, 0.25) is 0 Å². The number of nitrogens with zero attached hydrogens (tertiary/aromatic N) is 1. The maximum Gasteiger partial charge on any atom is 0.303 e. The molecular formula is C14H15NO4. The second-order valence-electron chi connectivity index (χ2n) is 5.09. The summed E-state index contributed by atoms with van der Waals surface area (Å²) in [4.78, 5) is 24.5. The van der Waals surface area contributed by atoms with Gasteiger partial charge >= 0.3 is 5.97 Å².